The Bertz CT molecular complexity index is 502. The molecule has 0 aliphatic carbocycles. The fourth-order valence-corrected chi connectivity index (χ4v) is 1.76. The molecule has 0 amide bonds. The fourth-order valence-electron chi connectivity index (χ4n) is 1.76. The minimum Gasteiger partial charge on any atom is -0.385 e. The summed E-state index contributed by atoms with van der Waals surface area (Å²) < 4.78 is 0. The van der Waals surface area contributed by atoms with E-state index in [-0.39, 0.29) is 5.78 Å². The zero-order valence-electron chi connectivity index (χ0n) is 10.5. The number of carbonyl (C=O) groups is 1. The van der Waals surface area contributed by atoms with Crippen LogP contribution in [0.3, 0.4) is 0 Å². The topological polar surface area (TPSA) is 29.1 Å². The molecule has 2 rings (SSSR count). The molecule has 0 saturated carbocycles. The standard InChI is InChI=1S/C16H17NO/c1-2-12-17-15-10-8-14(9-11-15)16(18)13-6-4-3-5-7-13/h3-11,17H,2,12H2,1H3. The molecule has 0 fully saturated rings. The first-order valence-corrected chi connectivity index (χ1v) is 6.25. The van der Waals surface area contributed by atoms with Gasteiger partial charge in [0.05, 0.1) is 0 Å². The molecule has 0 bridgehead atoms. The Labute approximate surface area is 108 Å². The minimum atomic E-state index is 0.0673. The fraction of sp³-hybridized carbons (Fsp3) is 0.188. The molecule has 2 aromatic carbocycles. The Morgan fingerprint density at radius 3 is 2.17 bits per heavy atom. The van der Waals surface area contributed by atoms with E-state index in [1.807, 2.05) is 54.6 Å². The maximum Gasteiger partial charge on any atom is 0.193 e. The highest BCUT2D eigenvalue weighted by Gasteiger charge is 2.07. The van der Waals surface area contributed by atoms with E-state index in [0.717, 1.165) is 29.8 Å². The largest absolute Gasteiger partial charge is 0.385 e. The van der Waals surface area contributed by atoms with Gasteiger partial charge in [-0.25, -0.2) is 0 Å². The Balaban J connectivity index is 2.12. The summed E-state index contributed by atoms with van der Waals surface area (Å²) in [4.78, 5) is 12.2. The Morgan fingerprint density at radius 1 is 0.944 bits per heavy atom. The van der Waals surface area contributed by atoms with Crippen molar-refractivity contribution in [2.75, 3.05) is 11.9 Å². The van der Waals surface area contributed by atoms with Gasteiger partial charge in [0, 0.05) is 23.4 Å². The summed E-state index contributed by atoms with van der Waals surface area (Å²) >= 11 is 0. The van der Waals surface area contributed by atoms with Gasteiger partial charge in [-0.15, -0.1) is 0 Å². The number of rotatable bonds is 5. The molecule has 2 aromatic rings. The van der Waals surface area contributed by atoms with Crippen molar-refractivity contribution in [3.05, 3.63) is 65.7 Å². The van der Waals surface area contributed by atoms with Crippen LogP contribution in [0.2, 0.25) is 0 Å². The molecule has 0 atom stereocenters. The predicted octanol–water partition coefficient (Wildman–Crippen LogP) is 3.74. The molecule has 0 saturated heterocycles. The van der Waals surface area contributed by atoms with E-state index in [2.05, 4.69) is 12.2 Å². The number of ketones is 1. The zero-order valence-corrected chi connectivity index (χ0v) is 10.5. The van der Waals surface area contributed by atoms with Gasteiger partial charge in [-0.05, 0) is 30.7 Å². The average Bonchev–Trinajstić information content (AvgIpc) is 2.46. The van der Waals surface area contributed by atoms with E-state index in [1.165, 1.54) is 0 Å². The van der Waals surface area contributed by atoms with Crippen LogP contribution in [0, 0.1) is 0 Å². The molecular formula is C16H17NO. The summed E-state index contributed by atoms with van der Waals surface area (Å²) in [7, 11) is 0. The first-order chi connectivity index (χ1) is 8.81. The molecule has 2 heteroatoms. The Morgan fingerprint density at radius 2 is 1.56 bits per heavy atom. The van der Waals surface area contributed by atoms with E-state index in [9.17, 15) is 4.79 Å². The molecule has 0 aliphatic heterocycles. The van der Waals surface area contributed by atoms with Crippen molar-refractivity contribution in [2.24, 2.45) is 0 Å². The van der Waals surface area contributed by atoms with Crippen molar-refractivity contribution in [3.8, 4) is 0 Å². The Hall–Kier alpha value is -2.09. The van der Waals surface area contributed by atoms with Gasteiger partial charge >= 0.3 is 0 Å². The Kier molecular flexibility index (Phi) is 4.13. The van der Waals surface area contributed by atoms with Crippen LogP contribution in [0.4, 0.5) is 5.69 Å². The van der Waals surface area contributed by atoms with Crippen LogP contribution in [0.25, 0.3) is 0 Å². The summed E-state index contributed by atoms with van der Waals surface area (Å²) in [6.07, 6.45) is 1.09. The van der Waals surface area contributed by atoms with Crippen molar-refractivity contribution in [3.63, 3.8) is 0 Å². The second-order valence-corrected chi connectivity index (χ2v) is 4.20. The number of hydrogen-bond donors (Lipinski definition) is 1. The molecule has 1 N–H and O–H groups in total. The molecule has 92 valence electrons. The van der Waals surface area contributed by atoms with Gasteiger partial charge in [-0.3, -0.25) is 4.79 Å². The van der Waals surface area contributed by atoms with Crippen molar-refractivity contribution in [1.82, 2.24) is 0 Å². The van der Waals surface area contributed by atoms with Gasteiger partial charge in [0.25, 0.3) is 0 Å². The molecule has 0 unspecified atom stereocenters. The lowest BCUT2D eigenvalue weighted by Gasteiger charge is -2.06. The number of nitrogens with one attached hydrogen (secondary N) is 1. The van der Waals surface area contributed by atoms with Gasteiger partial charge in [0.1, 0.15) is 0 Å². The quantitative estimate of drug-likeness (QED) is 0.805. The summed E-state index contributed by atoms with van der Waals surface area (Å²) in [5.74, 6) is 0.0673. The van der Waals surface area contributed by atoms with Gasteiger partial charge in [-0.2, -0.15) is 0 Å². The van der Waals surface area contributed by atoms with Crippen molar-refractivity contribution >= 4 is 11.5 Å². The SMILES string of the molecule is CCCNc1ccc(C(=O)c2ccccc2)cc1. The summed E-state index contributed by atoms with van der Waals surface area (Å²) in [5, 5.41) is 3.29. The van der Waals surface area contributed by atoms with Gasteiger partial charge in [0.2, 0.25) is 0 Å². The molecule has 0 spiro atoms. The number of anilines is 1. The van der Waals surface area contributed by atoms with Crippen LogP contribution in [-0.2, 0) is 0 Å². The van der Waals surface area contributed by atoms with Crippen molar-refractivity contribution in [2.45, 2.75) is 13.3 Å². The van der Waals surface area contributed by atoms with Crippen molar-refractivity contribution in [1.29, 1.82) is 0 Å². The second kappa shape index (κ2) is 6.01. The van der Waals surface area contributed by atoms with E-state index in [4.69, 9.17) is 0 Å². The zero-order chi connectivity index (χ0) is 12.8. The highest BCUT2D eigenvalue weighted by molar-refractivity contribution is 6.09. The first kappa shape index (κ1) is 12.4. The maximum absolute atomic E-state index is 12.2. The lowest BCUT2D eigenvalue weighted by molar-refractivity contribution is 0.103. The van der Waals surface area contributed by atoms with E-state index in [1.54, 1.807) is 0 Å². The van der Waals surface area contributed by atoms with Crippen LogP contribution < -0.4 is 5.32 Å². The van der Waals surface area contributed by atoms with Crippen molar-refractivity contribution < 1.29 is 4.79 Å². The summed E-state index contributed by atoms with van der Waals surface area (Å²) in [6, 6.07) is 17.0. The average molecular weight is 239 g/mol. The van der Waals surface area contributed by atoms with E-state index < -0.39 is 0 Å². The van der Waals surface area contributed by atoms with Gasteiger partial charge < -0.3 is 5.32 Å². The third-order valence-electron chi connectivity index (χ3n) is 2.76. The first-order valence-electron chi connectivity index (χ1n) is 6.25. The third-order valence-corrected chi connectivity index (χ3v) is 2.76. The van der Waals surface area contributed by atoms with Gasteiger partial charge in [-0.1, -0.05) is 37.3 Å². The number of hydrogen-bond acceptors (Lipinski definition) is 2. The molecule has 0 aromatic heterocycles. The molecular weight excluding hydrogens is 222 g/mol. The summed E-state index contributed by atoms with van der Waals surface area (Å²) in [5.41, 5.74) is 2.51. The maximum atomic E-state index is 12.2. The minimum absolute atomic E-state index is 0.0673. The lowest BCUT2D eigenvalue weighted by atomic mass is 10.0. The van der Waals surface area contributed by atoms with Crippen LogP contribution in [0.5, 0.6) is 0 Å². The normalized spacial score (nSPS) is 10.1. The number of benzene rings is 2. The predicted molar refractivity (Wildman–Crippen MR) is 75.1 cm³/mol. The van der Waals surface area contributed by atoms with Crippen LogP contribution >= 0.6 is 0 Å². The molecule has 0 aliphatic rings. The van der Waals surface area contributed by atoms with Crippen LogP contribution in [0.1, 0.15) is 29.3 Å². The summed E-state index contributed by atoms with van der Waals surface area (Å²) in [6.45, 7) is 3.08. The highest BCUT2D eigenvalue weighted by Crippen LogP contribution is 2.13. The van der Waals surface area contributed by atoms with E-state index in [0.29, 0.717) is 0 Å². The number of carbonyl (C=O) groups excluding carboxylic acids is 1. The van der Waals surface area contributed by atoms with Crippen LogP contribution in [-0.4, -0.2) is 12.3 Å². The molecule has 0 heterocycles. The highest BCUT2D eigenvalue weighted by atomic mass is 16.1. The smallest absolute Gasteiger partial charge is 0.193 e. The molecule has 2 nitrogen and oxygen atoms in total. The van der Waals surface area contributed by atoms with Gasteiger partial charge in [0.15, 0.2) is 5.78 Å². The third kappa shape index (κ3) is 2.98. The van der Waals surface area contributed by atoms with E-state index >= 15 is 0 Å². The molecule has 0 radical (unpaired) electrons. The van der Waals surface area contributed by atoms with Crippen LogP contribution in [0.15, 0.2) is 54.6 Å². The second-order valence-electron chi connectivity index (χ2n) is 4.20. The monoisotopic (exact) mass is 239 g/mol. The molecule has 18 heavy (non-hydrogen) atoms. The lowest BCUT2D eigenvalue weighted by Crippen LogP contribution is -2.02.